The Hall–Kier alpha value is -1.03. The molecular formula is C13H21N3O. The summed E-state index contributed by atoms with van der Waals surface area (Å²) < 4.78 is 7.45. The van der Waals surface area contributed by atoms with E-state index in [1.165, 1.54) is 37.1 Å². The Morgan fingerprint density at radius 2 is 2.35 bits per heavy atom. The molecule has 1 atom stereocenters. The maximum atomic E-state index is 5.26. The van der Waals surface area contributed by atoms with E-state index < -0.39 is 0 Å². The van der Waals surface area contributed by atoms with Crippen molar-refractivity contribution in [3.63, 3.8) is 0 Å². The van der Waals surface area contributed by atoms with Crippen LogP contribution in [-0.2, 0) is 17.7 Å². The highest BCUT2D eigenvalue weighted by atomic mass is 16.5. The van der Waals surface area contributed by atoms with Crippen LogP contribution in [0.1, 0.15) is 25.0 Å². The molecule has 1 aromatic heterocycles. The Balaban J connectivity index is 1.74. The van der Waals surface area contributed by atoms with Crippen molar-refractivity contribution in [3.05, 3.63) is 11.9 Å². The molecule has 4 nitrogen and oxygen atoms in total. The van der Waals surface area contributed by atoms with E-state index in [4.69, 9.17) is 4.74 Å². The average molecular weight is 235 g/mol. The molecule has 0 N–H and O–H groups in total. The molecule has 2 aliphatic rings. The lowest BCUT2D eigenvalue weighted by Gasteiger charge is -2.21. The number of ether oxygens (including phenoxy) is 1. The molecule has 2 aliphatic heterocycles. The molecule has 94 valence electrons. The van der Waals surface area contributed by atoms with Gasteiger partial charge >= 0.3 is 0 Å². The third-order valence-corrected chi connectivity index (χ3v) is 3.99. The Morgan fingerprint density at radius 3 is 3.24 bits per heavy atom. The Kier molecular flexibility index (Phi) is 3.05. The summed E-state index contributed by atoms with van der Waals surface area (Å²) in [7, 11) is 1.80. The molecular weight excluding hydrogens is 214 g/mol. The van der Waals surface area contributed by atoms with Gasteiger partial charge in [0, 0.05) is 32.7 Å². The number of aromatic nitrogens is 2. The van der Waals surface area contributed by atoms with Crippen molar-refractivity contribution in [2.45, 2.75) is 32.2 Å². The molecule has 3 heterocycles. The van der Waals surface area contributed by atoms with Gasteiger partial charge in [-0.2, -0.15) is 5.10 Å². The number of anilines is 1. The van der Waals surface area contributed by atoms with E-state index in [0.717, 1.165) is 26.2 Å². The van der Waals surface area contributed by atoms with Crippen LogP contribution in [0.4, 0.5) is 5.69 Å². The minimum absolute atomic E-state index is 0.694. The molecule has 0 aliphatic carbocycles. The van der Waals surface area contributed by atoms with Crippen LogP contribution in [0.25, 0.3) is 0 Å². The van der Waals surface area contributed by atoms with Crippen LogP contribution in [-0.4, -0.2) is 36.6 Å². The quantitative estimate of drug-likeness (QED) is 0.798. The van der Waals surface area contributed by atoms with Crippen molar-refractivity contribution < 1.29 is 4.74 Å². The maximum absolute atomic E-state index is 5.26. The van der Waals surface area contributed by atoms with E-state index in [1.807, 2.05) is 0 Å². The van der Waals surface area contributed by atoms with Crippen molar-refractivity contribution >= 4 is 5.69 Å². The van der Waals surface area contributed by atoms with Crippen molar-refractivity contribution in [2.24, 2.45) is 5.92 Å². The molecule has 1 aromatic rings. The first-order valence-corrected chi connectivity index (χ1v) is 6.67. The standard InChI is InChI=1S/C13H21N3O/c1-17-10-11-5-7-15(9-11)13-8-14-16-6-3-2-4-12(13)16/h8,11H,2-7,9-10H2,1H3. The van der Waals surface area contributed by atoms with Crippen LogP contribution in [0.3, 0.4) is 0 Å². The second-order valence-electron chi connectivity index (χ2n) is 5.21. The first-order chi connectivity index (χ1) is 8.38. The zero-order valence-corrected chi connectivity index (χ0v) is 10.6. The number of rotatable bonds is 3. The van der Waals surface area contributed by atoms with Gasteiger partial charge in [0.25, 0.3) is 0 Å². The van der Waals surface area contributed by atoms with Gasteiger partial charge in [0.1, 0.15) is 0 Å². The van der Waals surface area contributed by atoms with Crippen LogP contribution in [0, 0.1) is 5.92 Å². The van der Waals surface area contributed by atoms with Gasteiger partial charge in [-0.1, -0.05) is 0 Å². The lowest BCUT2D eigenvalue weighted by Crippen LogP contribution is -2.23. The molecule has 1 unspecified atom stereocenters. The largest absolute Gasteiger partial charge is 0.384 e. The van der Waals surface area contributed by atoms with Gasteiger partial charge in [-0.3, -0.25) is 4.68 Å². The topological polar surface area (TPSA) is 30.3 Å². The van der Waals surface area contributed by atoms with E-state index in [1.54, 1.807) is 7.11 Å². The number of nitrogens with zero attached hydrogens (tertiary/aromatic N) is 3. The number of fused-ring (bicyclic) bond motifs is 1. The van der Waals surface area contributed by atoms with Gasteiger partial charge < -0.3 is 9.64 Å². The number of hydrogen-bond donors (Lipinski definition) is 0. The highest BCUT2D eigenvalue weighted by Crippen LogP contribution is 2.30. The third kappa shape index (κ3) is 2.06. The van der Waals surface area contributed by atoms with Gasteiger partial charge in [0.15, 0.2) is 0 Å². The van der Waals surface area contributed by atoms with Crippen molar-refractivity contribution in [3.8, 4) is 0 Å². The molecule has 0 radical (unpaired) electrons. The fourth-order valence-electron chi connectivity index (χ4n) is 3.09. The first kappa shape index (κ1) is 11.1. The van der Waals surface area contributed by atoms with Gasteiger partial charge in [-0.25, -0.2) is 0 Å². The van der Waals surface area contributed by atoms with E-state index >= 15 is 0 Å². The molecule has 3 rings (SSSR count). The molecule has 0 aromatic carbocycles. The summed E-state index contributed by atoms with van der Waals surface area (Å²) in [5.41, 5.74) is 2.83. The summed E-state index contributed by atoms with van der Waals surface area (Å²) in [5, 5.41) is 4.52. The number of methoxy groups -OCH3 is 1. The summed E-state index contributed by atoms with van der Waals surface area (Å²) in [6.07, 6.45) is 7.10. The van der Waals surface area contributed by atoms with Gasteiger partial charge in [0.05, 0.1) is 24.2 Å². The summed E-state index contributed by atoms with van der Waals surface area (Å²) >= 11 is 0. The molecule has 0 amide bonds. The van der Waals surface area contributed by atoms with Gasteiger partial charge in [-0.05, 0) is 25.7 Å². The molecule has 0 spiro atoms. The van der Waals surface area contributed by atoms with Crippen LogP contribution in [0.15, 0.2) is 6.20 Å². The molecule has 4 heteroatoms. The van der Waals surface area contributed by atoms with E-state index in [2.05, 4.69) is 20.9 Å². The second-order valence-corrected chi connectivity index (χ2v) is 5.21. The highest BCUT2D eigenvalue weighted by Gasteiger charge is 2.26. The van der Waals surface area contributed by atoms with E-state index in [0.29, 0.717) is 5.92 Å². The van der Waals surface area contributed by atoms with Crippen LogP contribution < -0.4 is 4.90 Å². The van der Waals surface area contributed by atoms with Gasteiger partial charge in [-0.15, -0.1) is 0 Å². The fraction of sp³-hybridized carbons (Fsp3) is 0.769. The maximum Gasteiger partial charge on any atom is 0.0785 e. The Labute approximate surface area is 103 Å². The second kappa shape index (κ2) is 4.69. The summed E-state index contributed by atoms with van der Waals surface area (Å²) in [6.45, 7) is 4.28. The molecule has 17 heavy (non-hydrogen) atoms. The molecule has 1 saturated heterocycles. The third-order valence-electron chi connectivity index (χ3n) is 3.99. The Morgan fingerprint density at radius 1 is 1.41 bits per heavy atom. The zero-order chi connectivity index (χ0) is 11.7. The monoisotopic (exact) mass is 235 g/mol. The fourth-order valence-corrected chi connectivity index (χ4v) is 3.09. The van der Waals surface area contributed by atoms with Crippen LogP contribution >= 0.6 is 0 Å². The van der Waals surface area contributed by atoms with Crippen molar-refractivity contribution in [1.29, 1.82) is 0 Å². The zero-order valence-electron chi connectivity index (χ0n) is 10.6. The predicted molar refractivity (Wildman–Crippen MR) is 67.4 cm³/mol. The minimum atomic E-state index is 0.694. The van der Waals surface area contributed by atoms with Crippen LogP contribution in [0.2, 0.25) is 0 Å². The minimum Gasteiger partial charge on any atom is -0.384 e. The van der Waals surface area contributed by atoms with Crippen molar-refractivity contribution in [2.75, 3.05) is 31.7 Å². The predicted octanol–water partition coefficient (Wildman–Crippen LogP) is 1.69. The van der Waals surface area contributed by atoms with Crippen molar-refractivity contribution in [1.82, 2.24) is 9.78 Å². The summed E-state index contributed by atoms with van der Waals surface area (Å²) in [6, 6.07) is 0. The van der Waals surface area contributed by atoms with E-state index in [-0.39, 0.29) is 0 Å². The summed E-state index contributed by atoms with van der Waals surface area (Å²) in [4.78, 5) is 2.49. The lowest BCUT2D eigenvalue weighted by molar-refractivity contribution is 0.161. The average Bonchev–Trinajstić information content (AvgIpc) is 2.95. The SMILES string of the molecule is COCC1CCN(c2cnn3c2CCCC3)C1. The first-order valence-electron chi connectivity index (χ1n) is 6.67. The molecule has 0 bridgehead atoms. The highest BCUT2D eigenvalue weighted by molar-refractivity contribution is 5.51. The van der Waals surface area contributed by atoms with Crippen LogP contribution in [0.5, 0.6) is 0 Å². The van der Waals surface area contributed by atoms with Gasteiger partial charge in [0.2, 0.25) is 0 Å². The smallest absolute Gasteiger partial charge is 0.0785 e. The number of hydrogen-bond acceptors (Lipinski definition) is 3. The number of aryl methyl sites for hydroxylation is 1. The molecule has 0 saturated carbocycles. The Bertz CT molecular complexity index is 388. The normalized spacial score (nSPS) is 24.1. The summed E-state index contributed by atoms with van der Waals surface area (Å²) in [5.74, 6) is 0.694. The lowest BCUT2D eigenvalue weighted by atomic mass is 10.1. The van der Waals surface area contributed by atoms with E-state index in [9.17, 15) is 0 Å². The molecule has 1 fully saturated rings.